The highest BCUT2D eigenvalue weighted by molar-refractivity contribution is 5.46. The van der Waals surface area contributed by atoms with Crippen LogP contribution in [0.15, 0.2) is 30.3 Å². The van der Waals surface area contributed by atoms with Crippen molar-refractivity contribution in [3.63, 3.8) is 0 Å². The summed E-state index contributed by atoms with van der Waals surface area (Å²) in [5.41, 5.74) is 1.67. The van der Waals surface area contributed by atoms with E-state index >= 15 is 0 Å². The Morgan fingerprint density at radius 3 is 2.65 bits per heavy atom. The maximum absolute atomic E-state index is 9.19. The topological polar surface area (TPSA) is 23.5 Å². The van der Waals surface area contributed by atoms with Gasteiger partial charge in [-0.25, -0.2) is 0 Å². The first-order valence-electron chi connectivity index (χ1n) is 6.54. The van der Waals surface area contributed by atoms with Crippen LogP contribution in [0.5, 0.6) is 0 Å². The van der Waals surface area contributed by atoms with Gasteiger partial charge < -0.3 is 10.0 Å². The van der Waals surface area contributed by atoms with Crippen LogP contribution < -0.4 is 4.90 Å². The fourth-order valence-electron chi connectivity index (χ4n) is 2.74. The Kier molecular flexibility index (Phi) is 3.72. The minimum atomic E-state index is 0.302. The van der Waals surface area contributed by atoms with Gasteiger partial charge in [0.25, 0.3) is 0 Å². The summed E-state index contributed by atoms with van der Waals surface area (Å²) in [4.78, 5) is 2.45. The number of aliphatic hydroxyl groups is 1. The maximum atomic E-state index is 9.19. The van der Waals surface area contributed by atoms with Gasteiger partial charge in [-0.05, 0) is 36.3 Å². The molecule has 1 fully saturated rings. The average molecular weight is 233 g/mol. The van der Waals surface area contributed by atoms with Crippen molar-refractivity contribution in [3.05, 3.63) is 30.3 Å². The lowest BCUT2D eigenvalue weighted by Gasteiger charge is -2.45. The lowest BCUT2D eigenvalue weighted by Crippen LogP contribution is -2.45. The van der Waals surface area contributed by atoms with Crippen molar-refractivity contribution in [1.82, 2.24) is 0 Å². The molecule has 1 heterocycles. The molecule has 2 nitrogen and oxygen atoms in total. The molecule has 0 radical (unpaired) electrons. The number of aliphatic hydroxyl groups excluding tert-OH is 1. The lowest BCUT2D eigenvalue weighted by molar-refractivity contribution is 0.132. The first-order chi connectivity index (χ1) is 8.13. The van der Waals surface area contributed by atoms with Crippen LogP contribution in [0.2, 0.25) is 0 Å². The molecule has 1 atom stereocenters. The molecule has 0 saturated carbocycles. The van der Waals surface area contributed by atoms with Crippen LogP contribution in [-0.2, 0) is 0 Å². The van der Waals surface area contributed by atoms with Crippen molar-refractivity contribution in [2.24, 2.45) is 11.3 Å². The molecule has 2 rings (SSSR count). The molecule has 1 saturated heterocycles. The van der Waals surface area contributed by atoms with Crippen LogP contribution in [0, 0.1) is 11.3 Å². The summed E-state index contributed by atoms with van der Waals surface area (Å²) in [6.45, 7) is 7.15. The third-order valence-electron chi connectivity index (χ3n) is 4.17. The van der Waals surface area contributed by atoms with Crippen LogP contribution >= 0.6 is 0 Å². The molecule has 0 aliphatic carbocycles. The number of nitrogens with zero attached hydrogens (tertiary/aromatic N) is 1. The second-order valence-electron chi connectivity index (χ2n) is 5.73. The number of benzene rings is 1. The standard InChI is InChI=1S/C15H23NO/c1-15(2)9-10-16(12-13(15)8-11-17)14-6-4-3-5-7-14/h3-7,13,17H,8-12H2,1-2H3. The zero-order chi connectivity index (χ0) is 12.3. The molecule has 1 unspecified atom stereocenters. The van der Waals surface area contributed by atoms with Gasteiger partial charge in [-0.3, -0.25) is 0 Å². The van der Waals surface area contributed by atoms with E-state index in [4.69, 9.17) is 0 Å². The number of anilines is 1. The van der Waals surface area contributed by atoms with Crippen molar-refractivity contribution >= 4 is 5.69 Å². The van der Waals surface area contributed by atoms with E-state index in [1.54, 1.807) is 0 Å². The van der Waals surface area contributed by atoms with Crippen LogP contribution in [0.4, 0.5) is 5.69 Å². The summed E-state index contributed by atoms with van der Waals surface area (Å²) in [5.74, 6) is 0.585. The Bertz CT molecular complexity index is 347. The fourth-order valence-corrected chi connectivity index (χ4v) is 2.74. The maximum Gasteiger partial charge on any atom is 0.0434 e. The summed E-state index contributed by atoms with van der Waals surface area (Å²) >= 11 is 0. The Hall–Kier alpha value is -1.02. The van der Waals surface area contributed by atoms with Crippen molar-refractivity contribution in [3.8, 4) is 0 Å². The van der Waals surface area contributed by atoms with Gasteiger partial charge in [0.2, 0.25) is 0 Å². The van der Waals surface area contributed by atoms with Gasteiger partial charge in [0.1, 0.15) is 0 Å². The molecule has 1 aromatic carbocycles. The molecule has 0 aromatic heterocycles. The summed E-state index contributed by atoms with van der Waals surface area (Å²) in [5, 5.41) is 9.19. The Morgan fingerprint density at radius 1 is 1.29 bits per heavy atom. The molecule has 0 spiro atoms. The summed E-state index contributed by atoms with van der Waals surface area (Å²) < 4.78 is 0. The molecule has 1 aliphatic heterocycles. The molecule has 17 heavy (non-hydrogen) atoms. The monoisotopic (exact) mass is 233 g/mol. The first kappa shape index (κ1) is 12.4. The van der Waals surface area contributed by atoms with Crippen molar-refractivity contribution in [2.45, 2.75) is 26.7 Å². The van der Waals surface area contributed by atoms with E-state index in [1.807, 2.05) is 0 Å². The molecular formula is C15H23NO. The van der Waals surface area contributed by atoms with E-state index in [0.717, 1.165) is 19.5 Å². The number of hydrogen-bond donors (Lipinski definition) is 1. The van der Waals surface area contributed by atoms with Gasteiger partial charge >= 0.3 is 0 Å². The van der Waals surface area contributed by atoms with E-state index in [2.05, 4.69) is 49.1 Å². The van der Waals surface area contributed by atoms with E-state index < -0.39 is 0 Å². The quantitative estimate of drug-likeness (QED) is 0.867. The second-order valence-corrected chi connectivity index (χ2v) is 5.73. The minimum absolute atomic E-state index is 0.302. The highest BCUT2D eigenvalue weighted by Crippen LogP contribution is 2.38. The summed E-state index contributed by atoms with van der Waals surface area (Å²) in [7, 11) is 0. The molecule has 0 bridgehead atoms. The van der Waals surface area contributed by atoms with Crippen LogP contribution in [0.25, 0.3) is 0 Å². The highest BCUT2D eigenvalue weighted by atomic mass is 16.3. The van der Waals surface area contributed by atoms with Gasteiger partial charge in [0.05, 0.1) is 0 Å². The summed E-state index contributed by atoms with van der Waals surface area (Å²) in [6, 6.07) is 10.6. The number of hydrogen-bond acceptors (Lipinski definition) is 2. The Balaban J connectivity index is 2.09. The number of rotatable bonds is 3. The molecule has 1 aliphatic rings. The molecule has 94 valence electrons. The van der Waals surface area contributed by atoms with Gasteiger partial charge in [-0.1, -0.05) is 32.0 Å². The van der Waals surface area contributed by atoms with Crippen LogP contribution in [-0.4, -0.2) is 24.8 Å². The molecule has 1 N–H and O–H groups in total. The number of piperidine rings is 1. The molecular weight excluding hydrogens is 210 g/mol. The minimum Gasteiger partial charge on any atom is -0.396 e. The van der Waals surface area contributed by atoms with Crippen LogP contribution in [0.3, 0.4) is 0 Å². The smallest absolute Gasteiger partial charge is 0.0434 e. The Labute approximate surface area is 104 Å². The molecule has 0 amide bonds. The highest BCUT2D eigenvalue weighted by Gasteiger charge is 2.34. The molecule has 1 aromatic rings. The van der Waals surface area contributed by atoms with E-state index in [0.29, 0.717) is 17.9 Å². The van der Waals surface area contributed by atoms with Gasteiger partial charge in [-0.15, -0.1) is 0 Å². The Morgan fingerprint density at radius 2 is 2.00 bits per heavy atom. The normalized spacial score (nSPS) is 23.7. The van der Waals surface area contributed by atoms with Crippen molar-refractivity contribution < 1.29 is 5.11 Å². The third-order valence-corrected chi connectivity index (χ3v) is 4.17. The number of para-hydroxylation sites is 1. The zero-order valence-electron chi connectivity index (χ0n) is 10.9. The van der Waals surface area contributed by atoms with E-state index in [-0.39, 0.29) is 0 Å². The second kappa shape index (κ2) is 5.09. The van der Waals surface area contributed by atoms with Crippen molar-refractivity contribution in [1.29, 1.82) is 0 Å². The molecule has 2 heteroatoms. The predicted molar refractivity (Wildman–Crippen MR) is 72.2 cm³/mol. The van der Waals surface area contributed by atoms with Crippen molar-refractivity contribution in [2.75, 3.05) is 24.6 Å². The van der Waals surface area contributed by atoms with Gasteiger partial charge in [0.15, 0.2) is 0 Å². The zero-order valence-corrected chi connectivity index (χ0v) is 10.9. The largest absolute Gasteiger partial charge is 0.396 e. The van der Waals surface area contributed by atoms with E-state index in [9.17, 15) is 5.11 Å². The predicted octanol–water partition coefficient (Wildman–Crippen LogP) is 2.92. The van der Waals surface area contributed by atoms with Gasteiger partial charge in [-0.2, -0.15) is 0 Å². The van der Waals surface area contributed by atoms with Crippen LogP contribution in [0.1, 0.15) is 26.7 Å². The average Bonchev–Trinajstić information content (AvgIpc) is 2.33. The van der Waals surface area contributed by atoms with Gasteiger partial charge in [0, 0.05) is 25.4 Å². The third kappa shape index (κ3) is 2.81. The first-order valence-corrected chi connectivity index (χ1v) is 6.54. The van der Waals surface area contributed by atoms with E-state index in [1.165, 1.54) is 12.1 Å². The summed E-state index contributed by atoms with van der Waals surface area (Å²) in [6.07, 6.45) is 2.11. The SMILES string of the molecule is CC1(C)CCN(c2ccccc2)CC1CCO. The fraction of sp³-hybridized carbons (Fsp3) is 0.600. The lowest BCUT2D eigenvalue weighted by atomic mass is 9.72.